The maximum absolute atomic E-state index is 8.73. The van der Waals surface area contributed by atoms with Crippen molar-refractivity contribution in [3.05, 3.63) is 51.7 Å². The first kappa shape index (κ1) is 15.3. The second-order valence-corrected chi connectivity index (χ2v) is 5.43. The first-order valence-electron chi connectivity index (χ1n) is 6.49. The molecule has 0 bridgehead atoms. The first-order valence-corrected chi connectivity index (χ1v) is 7.37. The molecule has 21 heavy (non-hydrogen) atoms. The third-order valence-electron chi connectivity index (χ3n) is 3.01. The molecule has 5 nitrogen and oxygen atoms in total. The van der Waals surface area contributed by atoms with Gasteiger partial charge in [0.05, 0.1) is 20.3 Å². The van der Waals surface area contributed by atoms with E-state index in [1.807, 2.05) is 6.07 Å². The topological polar surface area (TPSA) is 77.1 Å². The highest BCUT2D eigenvalue weighted by Crippen LogP contribution is 2.21. The Bertz CT molecular complexity index is 597. The van der Waals surface area contributed by atoms with Crippen LogP contribution in [0.1, 0.15) is 16.0 Å². The molecule has 6 heteroatoms. The van der Waals surface area contributed by atoms with Gasteiger partial charge in [0.25, 0.3) is 0 Å². The maximum atomic E-state index is 8.73. The summed E-state index contributed by atoms with van der Waals surface area (Å²) in [5, 5.41) is 13.8. The van der Waals surface area contributed by atoms with Crippen molar-refractivity contribution in [3.8, 4) is 5.75 Å². The highest BCUT2D eigenvalue weighted by molar-refractivity contribution is 7.09. The van der Waals surface area contributed by atoms with Gasteiger partial charge in [-0.25, -0.2) is 0 Å². The number of amidine groups is 1. The van der Waals surface area contributed by atoms with Gasteiger partial charge in [0.1, 0.15) is 5.75 Å². The standard InChI is InChI=1S/C15H18N2O3S/c1-19-14-5-4-11(15(16)17-18)9-12(14)10-20-7-6-13-3-2-8-21-13/h2-5,8-9,18H,6-7,10H2,1H3,(H2,16,17). The van der Waals surface area contributed by atoms with E-state index in [2.05, 4.69) is 16.6 Å². The summed E-state index contributed by atoms with van der Waals surface area (Å²) in [5.41, 5.74) is 7.10. The van der Waals surface area contributed by atoms with Gasteiger partial charge in [-0.15, -0.1) is 11.3 Å². The predicted molar refractivity (Wildman–Crippen MR) is 83.2 cm³/mol. The number of nitrogens with two attached hydrogens (primary N) is 1. The summed E-state index contributed by atoms with van der Waals surface area (Å²) < 4.78 is 11.0. The van der Waals surface area contributed by atoms with Crippen molar-refractivity contribution in [2.24, 2.45) is 10.9 Å². The second kappa shape index (κ2) is 7.66. The monoisotopic (exact) mass is 306 g/mol. The fourth-order valence-corrected chi connectivity index (χ4v) is 2.61. The highest BCUT2D eigenvalue weighted by atomic mass is 32.1. The number of oxime groups is 1. The van der Waals surface area contributed by atoms with Gasteiger partial charge in [-0.1, -0.05) is 11.2 Å². The fourth-order valence-electron chi connectivity index (χ4n) is 1.92. The van der Waals surface area contributed by atoms with Crippen molar-refractivity contribution in [2.45, 2.75) is 13.0 Å². The summed E-state index contributed by atoms with van der Waals surface area (Å²) >= 11 is 1.72. The normalized spacial score (nSPS) is 11.6. The zero-order chi connectivity index (χ0) is 15.1. The zero-order valence-corrected chi connectivity index (χ0v) is 12.6. The van der Waals surface area contributed by atoms with E-state index in [1.54, 1.807) is 36.6 Å². The molecule has 0 aliphatic heterocycles. The van der Waals surface area contributed by atoms with Crippen molar-refractivity contribution in [2.75, 3.05) is 13.7 Å². The number of methoxy groups -OCH3 is 1. The third-order valence-corrected chi connectivity index (χ3v) is 3.95. The molecule has 2 rings (SSSR count). The Morgan fingerprint density at radius 3 is 2.90 bits per heavy atom. The summed E-state index contributed by atoms with van der Waals surface area (Å²) in [5.74, 6) is 0.790. The molecule has 0 saturated heterocycles. The third kappa shape index (κ3) is 4.21. The lowest BCUT2D eigenvalue weighted by atomic mass is 10.1. The van der Waals surface area contributed by atoms with Crippen molar-refractivity contribution in [1.82, 2.24) is 0 Å². The lowest BCUT2D eigenvalue weighted by molar-refractivity contribution is 0.122. The second-order valence-electron chi connectivity index (χ2n) is 4.39. The molecule has 112 valence electrons. The van der Waals surface area contributed by atoms with E-state index in [4.69, 9.17) is 20.4 Å². The van der Waals surface area contributed by atoms with Crippen LogP contribution in [0.2, 0.25) is 0 Å². The van der Waals surface area contributed by atoms with Gasteiger partial charge in [-0.3, -0.25) is 0 Å². The molecule has 0 aliphatic carbocycles. The summed E-state index contributed by atoms with van der Waals surface area (Å²) in [6, 6.07) is 9.45. The number of ether oxygens (including phenoxy) is 2. The summed E-state index contributed by atoms with van der Waals surface area (Å²) in [7, 11) is 1.60. The van der Waals surface area contributed by atoms with Gasteiger partial charge < -0.3 is 20.4 Å². The van der Waals surface area contributed by atoms with E-state index < -0.39 is 0 Å². The van der Waals surface area contributed by atoms with Crippen LogP contribution in [-0.2, 0) is 17.8 Å². The first-order chi connectivity index (χ1) is 10.2. The van der Waals surface area contributed by atoms with E-state index in [0.717, 1.165) is 17.7 Å². The van der Waals surface area contributed by atoms with E-state index in [1.165, 1.54) is 4.88 Å². The van der Waals surface area contributed by atoms with Crippen LogP contribution >= 0.6 is 11.3 Å². The van der Waals surface area contributed by atoms with Crippen LogP contribution in [0.5, 0.6) is 5.75 Å². The lowest BCUT2D eigenvalue weighted by Crippen LogP contribution is -2.13. The quantitative estimate of drug-likeness (QED) is 0.271. The molecule has 0 amide bonds. The number of hydrogen-bond acceptors (Lipinski definition) is 5. The Morgan fingerprint density at radius 1 is 1.38 bits per heavy atom. The van der Waals surface area contributed by atoms with Crippen LogP contribution in [0.4, 0.5) is 0 Å². The number of hydrogen-bond donors (Lipinski definition) is 2. The number of benzene rings is 1. The smallest absolute Gasteiger partial charge is 0.170 e. The number of rotatable bonds is 7. The molecule has 0 unspecified atom stereocenters. The van der Waals surface area contributed by atoms with E-state index in [0.29, 0.717) is 18.8 Å². The molecular formula is C15H18N2O3S. The minimum absolute atomic E-state index is 0.0671. The van der Waals surface area contributed by atoms with Crippen LogP contribution in [0.3, 0.4) is 0 Å². The Labute approximate surface area is 127 Å². The fraction of sp³-hybridized carbons (Fsp3) is 0.267. The Morgan fingerprint density at radius 2 is 2.24 bits per heavy atom. The summed E-state index contributed by atoms with van der Waals surface area (Å²) in [6.07, 6.45) is 0.889. The van der Waals surface area contributed by atoms with Crippen LogP contribution in [0, 0.1) is 0 Å². The SMILES string of the molecule is COc1ccc(/C(N)=N/O)cc1COCCc1cccs1. The molecule has 0 fully saturated rings. The van der Waals surface area contributed by atoms with Crippen LogP contribution in [0.25, 0.3) is 0 Å². The zero-order valence-electron chi connectivity index (χ0n) is 11.8. The molecule has 1 aromatic heterocycles. The minimum atomic E-state index is 0.0671. The molecular weight excluding hydrogens is 288 g/mol. The van der Waals surface area contributed by atoms with Gasteiger partial charge in [0, 0.05) is 22.4 Å². The average molecular weight is 306 g/mol. The molecule has 1 heterocycles. The summed E-state index contributed by atoms with van der Waals surface area (Å²) in [4.78, 5) is 1.30. The number of thiophene rings is 1. The largest absolute Gasteiger partial charge is 0.496 e. The molecule has 1 aromatic carbocycles. The minimum Gasteiger partial charge on any atom is -0.496 e. The van der Waals surface area contributed by atoms with Crippen LogP contribution in [-0.4, -0.2) is 24.8 Å². The number of nitrogens with zero attached hydrogens (tertiary/aromatic N) is 1. The predicted octanol–water partition coefficient (Wildman–Crippen LogP) is 2.61. The van der Waals surface area contributed by atoms with E-state index in [-0.39, 0.29) is 5.84 Å². The van der Waals surface area contributed by atoms with Crippen LogP contribution < -0.4 is 10.5 Å². The Hall–Kier alpha value is -2.05. The van der Waals surface area contributed by atoms with Crippen molar-refractivity contribution < 1.29 is 14.7 Å². The molecule has 0 aliphatic rings. The van der Waals surface area contributed by atoms with Gasteiger partial charge in [-0.2, -0.15) is 0 Å². The van der Waals surface area contributed by atoms with Crippen molar-refractivity contribution in [1.29, 1.82) is 0 Å². The molecule has 2 aromatic rings. The molecule has 0 radical (unpaired) electrons. The highest BCUT2D eigenvalue weighted by Gasteiger charge is 2.07. The molecule has 0 saturated carbocycles. The Kier molecular flexibility index (Phi) is 5.59. The molecule has 3 N–H and O–H groups in total. The average Bonchev–Trinajstić information content (AvgIpc) is 3.04. The van der Waals surface area contributed by atoms with Gasteiger partial charge >= 0.3 is 0 Å². The van der Waals surface area contributed by atoms with Gasteiger partial charge in [0.2, 0.25) is 0 Å². The van der Waals surface area contributed by atoms with Crippen LogP contribution in [0.15, 0.2) is 40.9 Å². The summed E-state index contributed by atoms with van der Waals surface area (Å²) in [6.45, 7) is 1.05. The van der Waals surface area contributed by atoms with Crippen molar-refractivity contribution >= 4 is 17.2 Å². The van der Waals surface area contributed by atoms with Gasteiger partial charge in [-0.05, 0) is 29.6 Å². The van der Waals surface area contributed by atoms with E-state index in [9.17, 15) is 0 Å². The molecule has 0 atom stereocenters. The Balaban J connectivity index is 1.97. The van der Waals surface area contributed by atoms with Gasteiger partial charge in [0.15, 0.2) is 5.84 Å². The molecule has 0 spiro atoms. The maximum Gasteiger partial charge on any atom is 0.170 e. The van der Waals surface area contributed by atoms with E-state index >= 15 is 0 Å². The van der Waals surface area contributed by atoms with Crippen molar-refractivity contribution in [3.63, 3.8) is 0 Å². The lowest BCUT2D eigenvalue weighted by Gasteiger charge is -2.11.